The Bertz CT molecular complexity index is 1710. The van der Waals surface area contributed by atoms with Crippen LogP contribution >= 0.6 is 0 Å². The number of nitrogens with zero attached hydrogens (tertiary/aromatic N) is 3. The maximum atomic E-state index is 15.2. The number of aromatic nitrogens is 1. The number of anilines is 2. The normalized spacial score (nSPS) is 15.2. The average Bonchev–Trinajstić information content (AvgIpc) is 2.98. The molecule has 222 valence electrons. The minimum absolute atomic E-state index is 0.0787. The Labute approximate surface area is 245 Å². The molecule has 1 fully saturated rings. The van der Waals surface area contributed by atoms with Gasteiger partial charge in [0.25, 0.3) is 0 Å². The number of methoxy groups -OCH3 is 2. The standard InChI is InChI=1S/C31H28F2N4O6/c1-17(2)36-16-22(30(39)37(31(36)40)20-8-5-18(32)6-9-20)29(38)35-19-7-10-26(23(33)13-19)43-25-11-12-34-24-15-28(42-4)27(41-3)14-21(24)25/h5-15,17,22H,16H2,1-4H3,(H,35,38). The molecule has 4 aromatic rings. The molecule has 1 aromatic heterocycles. The second-order valence-corrected chi connectivity index (χ2v) is 10.0. The fourth-order valence-electron chi connectivity index (χ4n) is 4.73. The van der Waals surface area contributed by atoms with Crippen molar-refractivity contribution < 1.29 is 37.4 Å². The molecule has 1 aliphatic rings. The number of nitrogens with one attached hydrogen (secondary N) is 1. The SMILES string of the molecule is COc1cc2nccc(Oc3ccc(NC(=O)C4CN(C(C)C)C(=O)N(c5ccc(F)cc5)C4=O)cc3F)c2cc1OC. The summed E-state index contributed by atoms with van der Waals surface area (Å²) >= 11 is 0. The lowest BCUT2D eigenvalue weighted by atomic mass is 10.0. The number of rotatable bonds is 8. The molecule has 3 aromatic carbocycles. The highest BCUT2D eigenvalue weighted by Crippen LogP contribution is 2.37. The summed E-state index contributed by atoms with van der Waals surface area (Å²) in [6.07, 6.45) is 1.51. The van der Waals surface area contributed by atoms with E-state index in [4.69, 9.17) is 14.2 Å². The lowest BCUT2D eigenvalue weighted by Gasteiger charge is -2.39. The highest BCUT2D eigenvalue weighted by atomic mass is 19.1. The van der Waals surface area contributed by atoms with Gasteiger partial charge < -0.3 is 24.4 Å². The Morgan fingerprint density at radius 1 is 0.930 bits per heavy atom. The molecule has 0 aliphatic carbocycles. The van der Waals surface area contributed by atoms with Gasteiger partial charge in [-0.15, -0.1) is 0 Å². The number of fused-ring (bicyclic) bond motifs is 1. The molecular weight excluding hydrogens is 562 g/mol. The molecule has 43 heavy (non-hydrogen) atoms. The van der Waals surface area contributed by atoms with Crippen LogP contribution in [-0.4, -0.2) is 54.5 Å². The third-order valence-corrected chi connectivity index (χ3v) is 6.99. The molecule has 4 amide bonds. The molecule has 10 nitrogen and oxygen atoms in total. The molecule has 1 N–H and O–H groups in total. The molecule has 0 spiro atoms. The van der Waals surface area contributed by atoms with Crippen LogP contribution in [0.1, 0.15) is 13.8 Å². The summed E-state index contributed by atoms with van der Waals surface area (Å²) in [5, 5.41) is 3.12. The van der Waals surface area contributed by atoms with Crippen LogP contribution in [0.5, 0.6) is 23.0 Å². The molecule has 1 saturated heterocycles. The fraction of sp³-hybridized carbons (Fsp3) is 0.226. The summed E-state index contributed by atoms with van der Waals surface area (Å²) in [6.45, 7) is 3.32. The molecule has 0 bridgehead atoms. The Kier molecular flexibility index (Phi) is 8.11. The van der Waals surface area contributed by atoms with Gasteiger partial charge in [0.15, 0.2) is 23.1 Å². The second kappa shape index (κ2) is 11.9. The van der Waals surface area contributed by atoms with Crippen LogP contribution in [0.2, 0.25) is 0 Å². The number of imide groups is 1. The molecule has 12 heteroatoms. The Morgan fingerprint density at radius 2 is 1.63 bits per heavy atom. The molecule has 1 unspecified atom stereocenters. The minimum Gasteiger partial charge on any atom is -0.493 e. The van der Waals surface area contributed by atoms with Crippen molar-refractivity contribution in [1.29, 1.82) is 0 Å². The average molecular weight is 591 g/mol. The van der Waals surface area contributed by atoms with Crippen LogP contribution in [0, 0.1) is 17.6 Å². The lowest BCUT2D eigenvalue weighted by molar-refractivity contribution is -0.132. The maximum Gasteiger partial charge on any atom is 0.331 e. The van der Waals surface area contributed by atoms with Crippen molar-refractivity contribution in [2.45, 2.75) is 19.9 Å². The Hall–Kier alpha value is -5.26. The summed E-state index contributed by atoms with van der Waals surface area (Å²) in [4.78, 5) is 46.3. The van der Waals surface area contributed by atoms with Crippen LogP contribution in [-0.2, 0) is 9.59 Å². The number of urea groups is 1. The predicted molar refractivity (Wildman–Crippen MR) is 155 cm³/mol. The molecule has 0 radical (unpaired) electrons. The van der Waals surface area contributed by atoms with Crippen LogP contribution < -0.4 is 24.4 Å². The molecule has 0 saturated carbocycles. The van der Waals surface area contributed by atoms with E-state index in [0.717, 1.165) is 23.1 Å². The first-order valence-electron chi connectivity index (χ1n) is 13.3. The summed E-state index contributed by atoms with van der Waals surface area (Å²) in [6, 6.07) is 12.6. The van der Waals surface area contributed by atoms with Crippen molar-refractivity contribution in [3.63, 3.8) is 0 Å². The van der Waals surface area contributed by atoms with Crippen LogP contribution in [0.4, 0.5) is 25.0 Å². The van der Waals surface area contributed by atoms with Gasteiger partial charge in [-0.1, -0.05) is 0 Å². The number of halogens is 2. The predicted octanol–water partition coefficient (Wildman–Crippen LogP) is 5.75. The van der Waals surface area contributed by atoms with E-state index in [1.807, 2.05) is 0 Å². The van der Waals surface area contributed by atoms with Gasteiger partial charge in [-0.3, -0.25) is 14.6 Å². The number of amides is 4. The van der Waals surface area contributed by atoms with Crippen molar-refractivity contribution in [2.24, 2.45) is 5.92 Å². The van der Waals surface area contributed by atoms with Gasteiger partial charge in [0.2, 0.25) is 11.8 Å². The van der Waals surface area contributed by atoms with Crippen molar-refractivity contribution in [3.8, 4) is 23.0 Å². The van der Waals surface area contributed by atoms with Crippen molar-refractivity contribution in [1.82, 2.24) is 9.88 Å². The monoisotopic (exact) mass is 590 g/mol. The fourth-order valence-corrected chi connectivity index (χ4v) is 4.73. The van der Waals surface area contributed by atoms with E-state index in [9.17, 15) is 18.8 Å². The topological polar surface area (TPSA) is 110 Å². The number of carbonyl (C=O) groups excluding carboxylic acids is 3. The number of carbonyl (C=O) groups is 3. The van der Waals surface area contributed by atoms with E-state index in [0.29, 0.717) is 28.2 Å². The van der Waals surface area contributed by atoms with E-state index in [-0.39, 0.29) is 29.7 Å². The Morgan fingerprint density at radius 3 is 2.28 bits per heavy atom. The van der Waals surface area contributed by atoms with Crippen molar-refractivity contribution in [3.05, 3.63) is 78.5 Å². The highest BCUT2D eigenvalue weighted by molar-refractivity contribution is 6.23. The summed E-state index contributed by atoms with van der Waals surface area (Å²) in [5.74, 6) is -3.00. The van der Waals surface area contributed by atoms with Gasteiger partial charge in [-0.25, -0.2) is 18.5 Å². The maximum absolute atomic E-state index is 15.2. The van der Waals surface area contributed by atoms with E-state index in [1.165, 1.54) is 49.6 Å². The third kappa shape index (κ3) is 5.76. The minimum atomic E-state index is -1.29. The van der Waals surface area contributed by atoms with Gasteiger partial charge in [0.05, 0.1) is 25.4 Å². The van der Waals surface area contributed by atoms with E-state index in [1.54, 1.807) is 32.0 Å². The third-order valence-electron chi connectivity index (χ3n) is 6.99. The molecular formula is C31H28F2N4O6. The van der Waals surface area contributed by atoms with Gasteiger partial charge >= 0.3 is 6.03 Å². The smallest absolute Gasteiger partial charge is 0.331 e. The van der Waals surface area contributed by atoms with E-state index < -0.39 is 35.4 Å². The van der Waals surface area contributed by atoms with Gasteiger partial charge in [-0.2, -0.15) is 0 Å². The summed E-state index contributed by atoms with van der Waals surface area (Å²) in [5.41, 5.74) is 0.752. The van der Waals surface area contributed by atoms with Gasteiger partial charge in [0, 0.05) is 42.0 Å². The first kappa shape index (κ1) is 29.2. The van der Waals surface area contributed by atoms with E-state index in [2.05, 4.69) is 10.3 Å². The van der Waals surface area contributed by atoms with Gasteiger partial charge in [0.1, 0.15) is 17.5 Å². The quantitative estimate of drug-likeness (QED) is 0.260. The van der Waals surface area contributed by atoms with Crippen LogP contribution in [0.15, 0.2) is 66.9 Å². The zero-order chi connectivity index (χ0) is 30.8. The zero-order valence-electron chi connectivity index (χ0n) is 23.8. The largest absolute Gasteiger partial charge is 0.493 e. The van der Waals surface area contributed by atoms with Crippen LogP contribution in [0.25, 0.3) is 10.9 Å². The second-order valence-electron chi connectivity index (χ2n) is 10.0. The number of hydrogen-bond donors (Lipinski definition) is 1. The number of hydrogen-bond acceptors (Lipinski definition) is 7. The van der Waals surface area contributed by atoms with E-state index >= 15 is 4.39 Å². The molecule has 5 rings (SSSR count). The van der Waals surface area contributed by atoms with Crippen LogP contribution in [0.3, 0.4) is 0 Å². The van der Waals surface area contributed by atoms with Gasteiger partial charge in [-0.05, 0) is 62.4 Å². The molecule has 1 atom stereocenters. The summed E-state index contributed by atoms with van der Waals surface area (Å²) < 4.78 is 45.2. The lowest BCUT2D eigenvalue weighted by Crippen LogP contribution is -2.61. The first-order valence-corrected chi connectivity index (χ1v) is 13.3. The number of ether oxygens (including phenoxy) is 3. The zero-order valence-corrected chi connectivity index (χ0v) is 23.8. The molecule has 1 aliphatic heterocycles. The molecule has 2 heterocycles. The number of benzene rings is 3. The number of pyridine rings is 1. The first-order chi connectivity index (χ1) is 20.6. The van der Waals surface area contributed by atoms with Crippen molar-refractivity contribution in [2.75, 3.05) is 31.0 Å². The van der Waals surface area contributed by atoms with Crippen molar-refractivity contribution >= 4 is 40.1 Å². The Balaban J connectivity index is 1.37. The highest BCUT2D eigenvalue weighted by Gasteiger charge is 2.44. The summed E-state index contributed by atoms with van der Waals surface area (Å²) in [7, 11) is 3.00.